The first-order valence-electron chi connectivity index (χ1n) is 7.61. The molecule has 1 aromatic heterocycles. The number of halogens is 1. The lowest BCUT2D eigenvalue weighted by molar-refractivity contribution is 0.282. The molecule has 1 aliphatic carbocycles. The molecule has 1 fully saturated rings. The van der Waals surface area contributed by atoms with Crippen LogP contribution in [0.2, 0.25) is 0 Å². The van der Waals surface area contributed by atoms with Crippen molar-refractivity contribution in [1.82, 2.24) is 9.78 Å². The van der Waals surface area contributed by atoms with Crippen molar-refractivity contribution in [2.24, 2.45) is 11.8 Å². The van der Waals surface area contributed by atoms with E-state index in [4.69, 9.17) is 0 Å². The van der Waals surface area contributed by atoms with Gasteiger partial charge < -0.3 is 5.32 Å². The van der Waals surface area contributed by atoms with Crippen molar-refractivity contribution >= 4 is 21.6 Å². The van der Waals surface area contributed by atoms with Crippen LogP contribution in [-0.4, -0.2) is 16.3 Å². The second-order valence-electron chi connectivity index (χ2n) is 5.83. The molecule has 1 N–H and O–H groups in total. The first-order valence-corrected chi connectivity index (χ1v) is 8.40. The molecule has 20 heavy (non-hydrogen) atoms. The molecule has 0 spiro atoms. The van der Waals surface area contributed by atoms with E-state index in [2.05, 4.69) is 33.3 Å². The molecule has 1 heterocycles. The summed E-state index contributed by atoms with van der Waals surface area (Å²) in [5.41, 5.74) is 0.743. The summed E-state index contributed by atoms with van der Waals surface area (Å²) in [7, 11) is 0. The van der Waals surface area contributed by atoms with Gasteiger partial charge in [-0.15, -0.1) is 0 Å². The summed E-state index contributed by atoms with van der Waals surface area (Å²) in [6.45, 7) is 5.77. The van der Waals surface area contributed by atoms with Gasteiger partial charge in [0.05, 0.1) is 11.9 Å². The Morgan fingerprint density at radius 2 is 2.10 bits per heavy atom. The average Bonchev–Trinajstić information content (AvgIpc) is 2.46. The van der Waals surface area contributed by atoms with E-state index >= 15 is 0 Å². The molecule has 4 nitrogen and oxygen atoms in total. The van der Waals surface area contributed by atoms with Crippen molar-refractivity contribution in [2.45, 2.75) is 52.5 Å². The highest BCUT2D eigenvalue weighted by atomic mass is 79.9. The molecule has 0 aliphatic heterocycles. The molecule has 0 radical (unpaired) electrons. The van der Waals surface area contributed by atoms with Gasteiger partial charge in [-0.2, -0.15) is 5.10 Å². The normalized spacial score (nSPS) is 22.8. The van der Waals surface area contributed by atoms with Crippen molar-refractivity contribution < 1.29 is 0 Å². The summed E-state index contributed by atoms with van der Waals surface area (Å²) in [6.07, 6.45) is 8.33. The molecular weight excluding hydrogens is 318 g/mol. The van der Waals surface area contributed by atoms with Crippen LogP contribution in [0.15, 0.2) is 15.5 Å². The second kappa shape index (κ2) is 7.25. The topological polar surface area (TPSA) is 46.9 Å². The molecule has 0 unspecified atom stereocenters. The van der Waals surface area contributed by atoms with E-state index in [0.717, 1.165) is 24.1 Å². The Balaban J connectivity index is 1.85. The SMILES string of the molecule is CCn1ncc(NCCC2CCC(C)CC2)c(Br)c1=O. The summed E-state index contributed by atoms with van der Waals surface area (Å²) in [5.74, 6) is 1.74. The zero-order chi connectivity index (χ0) is 14.5. The van der Waals surface area contributed by atoms with E-state index in [1.165, 1.54) is 36.8 Å². The third kappa shape index (κ3) is 3.84. The van der Waals surface area contributed by atoms with Gasteiger partial charge in [-0.3, -0.25) is 4.79 Å². The Bertz CT molecular complexity index is 492. The van der Waals surface area contributed by atoms with Crippen LogP contribution < -0.4 is 10.9 Å². The summed E-state index contributed by atoms with van der Waals surface area (Å²) < 4.78 is 2.05. The molecule has 1 saturated carbocycles. The number of hydrogen-bond donors (Lipinski definition) is 1. The Labute approximate surface area is 129 Å². The maximum absolute atomic E-state index is 11.9. The summed E-state index contributed by atoms with van der Waals surface area (Å²) >= 11 is 3.37. The van der Waals surface area contributed by atoms with Gasteiger partial charge in [-0.1, -0.05) is 32.6 Å². The van der Waals surface area contributed by atoms with E-state index in [9.17, 15) is 4.79 Å². The summed E-state index contributed by atoms with van der Waals surface area (Å²) in [4.78, 5) is 11.9. The first-order chi connectivity index (χ1) is 9.61. The van der Waals surface area contributed by atoms with E-state index in [-0.39, 0.29) is 5.56 Å². The maximum Gasteiger partial charge on any atom is 0.283 e. The van der Waals surface area contributed by atoms with Crippen LogP contribution in [0, 0.1) is 11.8 Å². The van der Waals surface area contributed by atoms with Crippen LogP contribution in [0.1, 0.15) is 46.0 Å². The largest absolute Gasteiger partial charge is 0.383 e. The second-order valence-corrected chi connectivity index (χ2v) is 6.63. The van der Waals surface area contributed by atoms with Gasteiger partial charge in [0.15, 0.2) is 0 Å². The molecule has 0 aromatic carbocycles. The fourth-order valence-corrected chi connectivity index (χ4v) is 3.29. The quantitative estimate of drug-likeness (QED) is 0.888. The number of aryl methyl sites for hydroxylation is 1. The lowest BCUT2D eigenvalue weighted by atomic mass is 9.81. The highest BCUT2D eigenvalue weighted by Gasteiger charge is 2.17. The Morgan fingerprint density at radius 3 is 2.75 bits per heavy atom. The van der Waals surface area contributed by atoms with E-state index in [1.807, 2.05) is 6.92 Å². The minimum absolute atomic E-state index is 0.0657. The Morgan fingerprint density at radius 1 is 1.40 bits per heavy atom. The number of nitrogens with one attached hydrogen (secondary N) is 1. The highest BCUT2D eigenvalue weighted by molar-refractivity contribution is 9.10. The van der Waals surface area contributed by atoms with Gasteiger partial charge in [0, 0.05) is 13.1 Å². The lowest BCUT2D eigenvalue weighted by Gasteiger charge is -2.26. The van der Waals surface area contributed by atoms with Gasteiger partial charge in [-0.25, -0.2) is 4.68 Å². The van der Waals surface area contributed by atoms with Crippen molar-refractivity contribution in [3.8, 4) is 0 Å². The van der Waals surface area contributed by atoms with Crippen molar-refractivity contribution in [1.29, 1.82) is 0 Å². The Kier molecular flexibility index (Phi) is 5.64. The van der Waals surface area contributed by atoms with E-state index in [0.29, 0.717) is 11.0 Å². The van der Waals surface area contributed by atoms with Crippen LogP contribution in [0.25, 0.3) is 0 Å². The van der Waals surface area contributed by atoms with E-state index < -0.39 is 0 Å². The summed E-state index contributed by atoms with van der Waals surface area (Å²) in [6, 6.07) is 0. The maximum atomic E-state index is 11.9. The number of anilines is 1. The zero-order valence-corrected chi connectivity index (χ0v) is 13.9. The van der Waals surface area contributed by atoms with Crippen molar-refractivity contribution in [3.63, 3.8) is 0 Å². The monoisotopic (exact) mass is 341 g/mol. The number of rotatable bonds is 5. The minimum Gasteiger partial charge on any atom is -0.383 e. The third-order valence-corrected chi connectivity index (χ3v) is 5.05. The Hall–Kier alpha value is -0.840. The highest BCUT2D eigenvalue weighted by Crippen LogP contribution is 2.30. The molecule has 0 amide bonds. The van der Waals surface area contributed by atoms with Gasteiger partial charge in [0.2, 0.25) is 0 Å². The van der Waals surface area contributed by atoms with Crippen LogP contribution >= 0.6 is 15.9 Å². The van der Waals surface area contributed by atoms with Crippen LogP contribution in [-0.2, 0) is 6.54 Å². The van der Waals surface area contributed by atoms with Crippen LogP contribution in [0.5, 0.6) is 0 Å². The standard InChI is InChI=1S/C15H24BrN3O/c1-3-19-15(20)14(16)13(10-18-19)17-9-8-12-6-4-11(2)5-7-12/h10-12,17H,3-9H2,1-2H3. The molecule has 112 valence electrons. The molecule has 2 rings (SSSR count). The number of nitrogens with zero attached hydrogens (tertiary/aromatic N) is 2. The van der Waals surface area contributed by atoms with E-state index in [1.54, 1.807) is 6.20 Å². The van der Waals surface area contributed by atoms with Gasteiger partial charge in [0.1, 0.15) is 4.47 Å². The smallest absolute Gasteiger partial charge is 0.283 e. The fourth-order valence-electron chi connectivity index (χ4n) is 2.84. The molecule has 5 heteroatoms. The predicted molar refractivity (Wildman–Crippen MR) is 86.1 cm³/mol. The van der Waals surface area contributed by atoms with Crippen molar-refractivity contribution in [2.75, 3.05) is 11.9 Å². The first kappa shape index (κ1) is 15.5. The number of hydrogen-bond acceptors (Lipinski definition) is 3. The van der Waals surface area contributed by atoms with Crippen molar-refractivity contribution in [3.05, 3.63) is 21.0 Å². The van der Waals surface area contributed by atoms with Gasteiger partial charge in [-0.05, 0) is 41.1 Å². The molecule has 0 atom stereocenters. The zero-order valence-electron chi connectivity index (χ0n) is 12.4. The molecular formula is C15H24BrN3O. The molecule has 1 aromatic rings. The lowest BCUT2D eigenvalue weighted by Crippen LogP contribution is -2.24. The fraction of sp³-hybridized carbons (Fsp3) is 0.733. The third-order valence-electron chi connectivity index (χ3n) is 4.29. The van der Waals surface area contributed by atoms with Gasteiger partial charge in [0.25, 0.3) is 5.56 Å². The predicted octanol–water partition coefficient (Wildman–Crippen LogP) is 3.65. The van der Waals surface area contributed by atoms with Crippen LogP contribution in [0.4, 0.5) is 5.69 Å². The molecule has 0 bridgehead atoms. The summed E-state index contributed by atoms with van der Waals surface area (Å²) in [5, 5.41) is 7.49. The average molecular weight is 342 g/mol. The molecule has 0 saturated heterocycles. The molecule has 1 aliphatic rings. The van der Waals surface area contributed by atoms with Gasteiger partial charge >= 0.3 is 0 Å². The minimum atomic E-state index is -0.0657. The number of aromatic nitrogens is 2. The van der Waals surface area contributed by atoms with Crippen LogP contribution in [0.3, 0.4) is 0 Å².